The van der Waals surface area contributed by atoms with Gasteiger partial charge in [0.15, 0.2) is 0 Å². The molecule has 0 aliphatic carbocycles. The van der Waals surface area contributed by atoms with Crippen molar-refractivity contribution in [2.75, 3.05) is 24.2 Å². The van der Waals surface area contributed by atoms with Crippen molar-refractivity contribution >= 4 is 50.7 Å². The van der Waals surface area contributed by atoms with Gasteiger partial charge in [-0.15, -0.1) is 0 Å². The molecular weight excluding hydrogens is 525 g/mol. The van der Waals surface area contributed by atoms with Gasteiger partial charge in [0, 0.05) is 22.6 Å². The van der Waals surface area contributed by atoms with Crippen LogP contribution in [0.25, 0.3) is 0 Å². The predicted octanol–water partition coefficient (Wildman–Crippen LogP) is 4.49. The second-order valence-electron chi connectivity index (χ2n) is 8.44. The molecular formula is C25H33Cl2N3O5S. The number of carbonyl (C=O) groups is 2. The van der Waals surface area contributed by atoms with Gasteiger partial charge in [-0.1, -0.05) is 55.2 Å². The quantitative estimate of drug-likeness (QED) is 0.414. The van der Waals surface area contributed by atoms with Crippen molar-refractivity contribution < 1.29 is 22.7 Å². The number of amides is 2. The van der Waals surface area contributed by atoms with Crippen molar-refractivity contribution in [3.63, 3.8) is 0 Å². The molecule has 0 saturated carbocycles. The van der Waals surface area contributed by atoms with Gasteiger partial charge in [-0.25, -0.2) is 8.42 Å². The molecule has 0 spiro atoms. The van der Waals surface area contributed by atoms with Crippen LogP contribution in [0.2, 0.25) is 10.0 Å². The molecule has 1 N–H and O–H groups in total. The maximum absolute atomic E-state index is 13.7. The Morgan fingerprint density at radius 1 is 1.08 bits per heavy atom. The molecule has 8 nitrogen and oxygen atoms in total. The molecule has 0 aliphatic heterocycles. The van der Waals surface area contributed by atoms with Crippen LogP contribution in [0.15, 0.2) is 42.5 Å². The summed E-state index contributed by atoms with van der Waals surface area (Å²) in [7, 11) is -2.46. The van der Waals surface area contributed by atoms with Crippen LogP contribution in [0.1, 0.15) is 39.2 Å². The molecule has 0 fully saturated rings. The Morgan fingerprint density at radius 3 is 2.31 bits per heavy atom. The summed E-state index contributed by atoms with van der Waals surface area (Å²) in [4.78, 5) is 28.3. The molecule has 0 aliphatic rings. The third-order valence-electron chi connectivity index (χ3n) is 5.78. The van der Waals surface area contributed by atoms with E-state index < -0.39 is 28.5 Å². The normalized spacial score (nSPS) is 13.0. The fraction of sp³-hybridized carbons (Fsp3) is 0.440. The van der Waals surface area contributed by atoms with Crippen molar-refractivity contribution in [3.05, 3.63) is 58.1 Å². The minimum Gasteiger partial charge on any atom is -0.495 e. The molecule has 2 amide bonds. The molecule has 11 heteroatoms. The number of ether oxygens (including phenoxy) is 1. The number of carbonyl (C=O) groups excluding carboxylic acids is 2. The second kappa shape index (κ2) is 13.2. The number of para-hydroxylation sites is 2. The summed E-state index contributed by atoms with van der Waals surface area (Å²) in [6.45, 7) is 5.07. The molecule has 198 valence electrons. The van der Waals surface area contributed by atoms with E-state index in [1.807, 2.05) is 13.8 Å². The molecule has 0 radical (unpaired) electrons. The largest absolute Gasteiger partial charge is 0.495 e. The number of hydrogen-bond acceptors (Lipinski definition) is 5. The van der Waals surface area contributed by atoms with Gasteiger partial charge < -0.3 is 15.0 Å². The molecule has 0 unspecified atom stereocenters. The molecule has 0 aromatic heterocycles. The number of nitrogens with one attached hydrogen (secondary N) is 1. The number of methoxy groups -OCH3 is 1. The number of sulfonamides is 1. The van der Waals surface area contributed by atoms with E-state index in [1.165, 1.54) is 12.0 Å². The van der Waals surface area contributed by atoms with Crippen molar-refractivity contribution in [3.8, 4) is 5.75 Å². The highest BCUT2D eigenvalue weighted by atomic mass is 35.5. The summed E-state index contributed by atoms with van der Waals surface area (Å²) in [5, 5.41) is 3.69. The van der Waals surface area contributed by atoms with Gasteiger partial charge in [-0.3, -0.25) is 13.9 Å². The second-order valence-corrected chi connectivity index (χ2v) is 11.2. The van der Waals surface area contributed by atoms with E-state index in [0.717, 1.165) is 17.0 Å². The van der Waals surface area contributed by atoms with Gasteiger partial charge in [0.1, 0.15) is 18.3 Å². The first-order valence-corrected chi connectivity index (χ1v) is 14.2. The summed E-state index contributed by atoms with van der Waals surface area (Å²) in [6.07, 6.45) is 2.04. The van der Waals surface area contributed by atoms with E-state index >= 15 is 0 Å². The van der Waals surface area contributed by atoms with Crippen molar-refractivity contribution in [1.82, 2.24) is 10.2 Å². The highest BCUT2D eigenvalue weighted by Gasteiger charge is 2.33. The monoisotopic (exact) mass is 557 g/mol. The molecule has 0 bridgehead atoms. The van der Waals surface area contributed by atoms with Crippen molar-refractivity contribution in [2.45, 2.75) is 52.2 Å². The highest BCUT2D eigenvalue weighted by Crippen LogP contribution is 2.30. The van der Waals surface area contributed by atoms with Gasteiger partial charge in [0.05, 0.1) is 19.1 Å². The fourth-order valence-corrected chi connectivity index (χ4v) is 4.95. The zero-order valence-electron chi connectivity index (χ0n) is 21.1. The van der Waals surface area contributed by atoms with E-state index in [9.17, 15) is 18.0 Å². The summed E-state index contributed by atoms with van der Waals surface area (Å²) < 4.78 is 31.8. The first-order chi connectivity index (χ1) is 16.9. The van der Waals surface area contributed by atoms with Gasteiger partial charge in [0.2, 0.25) is 21.8 Å². The van der Waals surface area contributed by atoms with Crippen LogP contribution in [0.3, 0.4) is 0 Å². The summed E-state index contributed by atoms with van der Waals surface area (Å²) in [5.74, 6) is -0.596. The van der Waals surface area contributed by atoms with E-state index in [0.29, 0.717) is 27.8 Å². The molecule has 0 heterocycles. The molecule has 36 heavy (non-hydrogen) atoms. The molecule has 2 atom stereocenters. The predicted molar refractivity (Wildman–Crippen MR) is 144 cm³/mol. The molecule has 2 aromatic rings. The average Bonchev–Trinajstić information content (AvgIpc) is 2.82. The first kappa shape index (κ1) is 29.7. The highest BCUT2D eigenvalue weighted by molar-refractivity contribution is 7.92. The van der Waals surface area contributed by atoms with Gasteiger partial charge in [-0.2, -0.15) is 0 Å². The van der Waals surface area contributed by atoms with Crippen LogP contribution >= 0.6 is 23.2 Å². The number of nitrogens with zero attached hydrogens (tertiary/aromatic N) is 2. The van der Waals surface area contributed by atoms with Crippen molar-refractivity contribution in [2.24, 2.45) is 0 Å². The lowest BCUT2D eigenvalue weighted by Crippen LogP contribution is -2.53. The SMILES string of the molecule is CC[C@@H](C)NC(=O)[C@@H](CC)N(Cc1ccc(Cl)cc1Cl)C(=O)CN(c1ccccc1OC)S(C)(=O)=O. The Labute approximate surface area is 223 Å². The van der Waals surface area contributed by atoms with Crippen LogP contribution in [-0.2, 0) is 26.2 Å². The Hall–Kier alpha value is -2.49. The van der Waals surface area contributed by atoms with E-state index in [1.54, 1.807) is 49.4 Å². The molecule has 2 rings (SSSR count). The van der Waals surface area contributed by atoms with E-state index in [2.05, 4.69) is 5.32 Å². The lowest BCUT2D eigenvalue weighted by Gasteiger charge is -2.33. The third kappa shape index (κ3) is 7.75. The van der Waals surface area contributed by atoms with Gasteiger partial charge >= 0.3 is 0 Å². The van der Waals surface area contributed by atoms with Crippen LogP contribution in [0.5, 0.6) is 5.75 Å². The molecule has 0 saturated heterocycles. The Kier molecular flexibility index (Phi) is 10.9. The summed E-state index contributed by atoms with van der Waals surface area (Å²) >= 11 is 12.4. The van der Waals surface area contributed by atoms with Crippen molar-refractivity contribution in [1.29, 1.82) is 0 Å². The van der Waals surface area contributed by atoms with Crippen LogP contribution in [-0.4, -0.2) is 57.1 Å². The van der Waals surface area contributed by atoms with E-state index in [-0.39, 0.29) is 24.2 Å². The third-order valence-corrected chi connectivity index (χ3v) is 7.49. The summed E-state index contributed by atoms with van der Waals surface area (Å²) in [5.41, 5.74) is 0.796. The minimum atomic E-state index is -3.88. The Balaban J connectivity index is 2.51. The lowest BCUT2D eigenvalue weighted by atomic mass is 10.1. The zero-order chi connectivity index (χ0) is 27.0. The standard InChI is InChI=1S/C25H33Cl2N3O5S/c1-6-17(3)28-25(32)21(7-2)29(15-18-12-13-19(26)14-20(18)27)24(31)16-30(36(5,33)34)22-10-8-9-11-23(22)35-4/h8-14,17,21H,6-7,15-16H2,1-5H3,(H,28,32)/t17-,21-/m1/s1. The van der Waals surface area contributed by atoms with Crippen LogP contribution in [0, 0.1) is 0 Å². The summed E-state index contributed by atoms with van der Waals surface area (Å²) in [6, 6.07) is 10.5. The fourth-order valence-electron chi connectivity index (χ4n) is 3.62. The van der Waals surface area contributed by atoms with E-state index in [4.69, 9.17) is 27.9 Å². The maximum atomic E-state index is 13.7. The Morgan fingerprint density at radius 2 is 1.75 bits per heavy atom. The number of halogens is 2. The minimum absolute atomic E-state index is 0.00913. The van der Waals surface area contributed by atoms with Gasteiger partial charge in [0.25, 0.3) is 0 Å². The smallest absolute Gasteiger partial charge is 0.244 e. The maximum Gasteiger partial charge on any atom is 0.244 e. The number of benzene rings is 2. The van der Waals surface area contributed by atoms with Crippen LogP contribution in [0.4, 0.5) is 5.69 Å². The average molecular weight is 559 g/mol. The number of anilines is 1. The Bertz CT molecular complexity index is 1180. The topological polar surface area (TPSA) is 96.0 Å². The first-order valence-electron chi connectivity index (χ1n) is 11.6. The molecule has 2 aromatic carbocycles. The number of rotatable bonds is 12. The lowest BCUT2D eigenvalue weighted by molar-refractivity contribution is -0.140. The van der Waals surface area contributed by atoms with Crippen LogP contribution < -0.4 is 14.4 Å². The zero-order valence-corrected chi connectivity index (χ0v) is 23.5. The van der Waals surface area contributed by atoms with Gasteiger partial charge in [-0.05, 0) is 49.6 Å². The number of hydrogen-bond donors (Lipinski definition) is 1.